The van der Waals surface area contributed by atoms with Crippen molar-refractivity contribution in [3.05, 3.63) is 54.1 Å². The number of nitrogen functional groups attached to an aromatic ring is 1. The number of carbonyl (C=O) groups excluding carboxylic acids is 2. The van der Waals surface area contributed by atoms with Crippen molar-refractivity contribution in [2.45, 2.75) is 36.3 Å². The molecule has 1 heterocycles. The third kappa shape index (κ3) is 3.17. The normalized spacial score (nSPS) is 17.8. The molecule has 0 bridgehead atoms. The number of amides is 2. The Kier molecular flexibility index (Phi) is 4.62. The van der Waals surface area contributed by atoms with Crippen molar-refractivity contribution in [3.8, 4) is 0 Å². The van der Waals surface area contributed by atoms with Crippen molar-refractivity contribution in [1.29, 1.82) is 0 Å². The van der Waals surface area contributed by atoms with Gasteiger partial charge in [0.05, 0.1) is 10.9 Å². The highest BCUT2D eigenvalue weighted by Crippen LogP contribution is 2.36. The predicted octanol–water partition coefficient (Wildman–Crippen LogP) is 3.82. The third-order valence-electron chi connectivity index (χ3n) is 4.11. The number of nitrogens with zero attached hydrogens (tertiary/aromatic N) is 1. The molecule has 2 N–H and O–H groups in total. The number of imide groups is 1. The lowest BCUT2D eigenvalue weighted by atomic mass is 10.0. The molecule has 4 nitrogen and oxygen atoms in total. The van der Waals surface area contributed by atoms with Crippen molar-refractivity contribution >= 4 is 35.0 Å². The Morgan fingerprint density at radius 3 is 2.38 bits per heavy atom. The van der Waals surface area contributed by atoms with E-state index in [9.17, 15) is 9.59 Å². The zero-order valence-electron chi connectivity index (χ0n) is 13.7. The van der Waals surface area contributed by atoms with Crippen molar-refractivity contribution in [2.75, 3.05) is 10.6 Å². The predicted molar refractivity (Wildman–Crippen MR) is 98.1 cm³/mol. The molecule has 1 fully saturated rings. The third-order valence-corrected chi connectivity index (χ3v) is 5.39. The number of para-hydroxylation sites is 1. The van der Waals surface area contributed by atoms with E-state index >= 15 is 0 Å². The smallest absolute Gasteiger partial charge is 0.247 e. The van der Waals surface area contributed by atoms with Gasteiger partial charge in [0.25, 0.3) is 0 Å². The molecule has 5 heteroatoms. The first kappa shape index (κ1) is 16.6. The summed E-state index contributed by atoms with van der Waals surface area (Å²) >= 11 is 1.36. The monoisotopic (exact) mass is 340 g/mol. The van der Waals surface area contributed by atoms with E-state index in [2.05, 4.69) is 13.8 Å². The number of thioether (sulfide) groups is 1. The van der Waals surface area contributed by atoms with Crippen LogP contribution in [0.25, 0.3) is 0 Å². The first-order valence-corrected chi connectivity index (χ1v) is 8.83. The zero-order valence-corrected chi connectivity index (χ0v) is 14.5. The minimum atomic E-state index is -0.424. The van der Waals surface area contributed by atoms with Crippen LogP contribution in [0.3, 0.4) is 0 Å². The SMILES string of the molecule is CC(C)c1ccc(N2C(=O)CC(Sc3ccccc3N)C2=O)cc1. The molecule has 1 atom stereocenters. The second-order valence-electron chi connectivity index (χ2n) is 6.16. The van der Waals surface area contributed by atoms with E-state index in [1.165, 1.54) is 22.2 Å². The van der Waals surface area contributed by atoms with Gasteiger partial charge < -0.3 is 5.73 Å². The Labute approximate surface area is 146 Å². The van der Waals surface area contributed by atoms with E-state index in [1.54, 1.807) is 6.07 Å². The first-order chi connectivity index (χ1) is 11.5. The molecule has 1 saturated heterocycles. The van der Waals surface area contributed by atoms with Crippen molar-refractivity contribution in [2.24, 2.45) is 0 Å². The van der Waals surface area contributed by atoms with Crippen LogP contribution in [-0.2, 0) is 9.59 Å². The summed E-state index contributed by atoms with van der Waals surface area (Å²) in [5, 5.41) is -0.424. The van der Waals surface area contributed by atoms with Gasteiger partial charge in [-0.25, -0.2) is 4.90 Å². The van der Waals surface area contributed by atoms with E-state index in [1.807, 2.05) is 42.5 Å². The lowest BCUT2D eigenvalue weighted by molar-refractivity contribution is -0.121. The Balaban J connectivity index is 1.80. The van der Waals surface area contributed by atoms with Gasteiger partial charge in [-0.1, -0.05) is 38.1 Å². The van der Waals surface area contributed by atoms with Crippen LogP contribution in [0.15, 0.2) is 53.4 Å². The Hall–Kier alpha value is -2.27. The molecule has 0 saturated carbocycles. The second kappa shape index (κ2) is 6.69. The van der Waals surface area contributed by atoms with E-state index < -0.39 is 5.25 Å². The highest BCUT2D eigenvalue weighted by atomic mass is 32.2. The minimum absolute atomic E-state index is 0.163. The maximum absolute atomic E-state index is 12.7. The van der Waals surface area contributed by atoms with Gasteiger partial charge in [-0.3, -0.25) is 9.59 Å². The first-order valence-electron chi connectivity index (χ1n) is 7.95. The number of hydrogen-bond acceptors (Lipinski definition) is 4. The fraction of sp³-hybridized carbons (Fsp3) is 0.263. The van der Waals surface area contributed by atoms with Crippen molar-refractivity contribution in [1.82, 2.24) is 0 Å². The molecule has 1 unspecified atom stereocenters. The molecule has 0 spiro atoms. The fourth-order valence-electron chi connectivity index (χ4n) is 2.72. The van der Waals surface area contributed by atoms with E-state index in [0.717, 1.165) is 4.90 Å². The minimum Gasteiger partial charge on any atom is -0.398 e. The van der Waals surface area contributed by atoms with Gasteiger partial charge in [0.15, 0.2) is 0 Å². The van der Waals surface area contributed by atoms with E-state index in [0.29, 0.717) is 17.3 Å². The number of carbonyl (C=O) groups is 2. The average molecular weight is 340 g/mol. The summed E-state index contributed by atoms with van der Waals surface area (Å²) in [6.07, 6.45) is 0.198. The highest BCUT2D eigenvalue weighted by Gasteiger charge is 2.40. The Morgan fingerprint density at radius 2 is 1.75 bits per heavy atom. The molecule has 0 aliphatic carbocycles. The lowest BCUT2D eigenvalue weighted by Crippen LogP contribution is -2.31. The molecule has 1 aliphatic rings. The molecule has 2 aromatic rings. The lowest BCUT2D eigenvalue weighted by Gasteiger charge is -2.16. The van der Waals surface area contributed by atoms with Gasteiger partial charge >= 0.3 is 0 Å². The maximum Gasteiger partial charge on any atom is 0.247 e. The summed E-state index contributed by atoms with van der Waals surface area (Å²) in [5.41, 5.74) is 8.38. The summed E-state index contributed by atoms with van der Waals surface area (Å²) in [6, 6.07) is 15.0. The van der Waals surface area contributed by atoms with Crippen molar-refractivity contribution < 1.29 is 9.59 Å². The van der Waals surface area contributed by atoms with Gasteiger partial charge in [-0.05, 0) is 35.7 Å². The molecule has 1 aliphatic heterocycles. The number of anilines is 2. The summed E-state index contributed by atoms with van der Waals surface area (Å²) in [4.78, 5) is 27.2. The molecule has 3 rings (SSSR count). The number of hydrogen-bond donors (Lipinski definition) is 1. The standard InChI is InChI=1S/C19H20N2O2S/c1-12(2)13-7-9-14(10-8-13)21-18(22)11-17(19(21)23)24-16-6-4-3-5-15(16)20/h3-10,12,17H,11,20H2,1-2H3. The largest absolute Gasteiger partial charge is 0.398 e. The summed E-state index contributed by atoms with van der Waals surface area (Å²) in [7, 11) is 0. The maximum atomic E-state index is 12.7. The van der Waals surface area contributed by atoms with Gasteiger partial charge in [0, 0.05) is 17.0 Å². The van der Waals surface area contributed by atoms with Gasteiger partial charge in [-0.15, -0.1) is 11.8 Å². The molecule has 2 aromatic carbocycles. The zero-order chi connectivity index (χ0) is 17.3. The highest BCUT2D eigenvalue weighted by molar-refractivity contribution is 8.00. The molecule has 2 amide bonds. The van der Waals surface area contributed by atoms with Crippen LogP contribution in [0.5, 0.6) is 0 Å². The molecule has 0 radical (unpaired) electrons. The average Bonchev–Trinajstić information content (AvgIpc) is 2.84. The van der Waals surface area contributed by atoms with Crippen LogP contribution in [0.2, 0.25) is 0 Å². The fourth-order valence-corrected chi connectivity index (χ4v) is 3.82. The number of rotatable bonds is 4. The van der Waals surface area contributed by atoms with Gasteiger partial charge in [0.1, 0.15) is 0 Å². The second-order valence-corrected chi connectivity index (χ2v) is 7.41. The molecule has 124 valence electrons. The van der Waals surface area contributed by atoms with Gasteiger partial charge in [-0.2, -0.15) is 0 Å². The van der Waals surface area contributed by atoms with E-state index in [4.69, 9.17) is 5.73 Å². The van der Waals surface area contributed by atoms with Crippen LogP contribution in [0.1, 0.15) is 31.7 Å². The van der Waals surface area contributed by atoms with Crippen LogP contribution < -0.4 is 10.6 Å². The summed E-state index contributed by atoms with van der Waals surface area (Å²) < 4.78 is 0. The topological polar surface area (TPSA) is 63.4 Å². The van der Waals surface area contributed by atoms with Crippen LogP contribution in [-0.4, -0.2) is 17.1 Å². The molecule has 24 heavy (non-hydrogen) atoms. The van der Waals surface area contributed by atoms with E-state index in [-0.39, 0.29) is 18.2 Å². The molecular weight excluding hydrogens is 320 g/mol. The molecule has 0 aromatic heterocycles. The quantitative estimate of drug-likeness (QED) is 0.679. The Morgan fingerprint density at radius 1 is 1.08 bits per heavy atom. The summed E-state index contributed by atoms with van der Waals surface area (Å²) in [6.45, 7) is 4.22. The van der Waals surface area contributed by atoms with Crippen LogP contribution in [0.4, 0.5) is 11.4 Å². The number of benzene rings is 2. The van der Waals surface area contributed by atoms with Crippen LogP contribution >= 0.6 is 11.8 Å². The van der Waals surface area contributed by atoms with Gasteiger partial charge in [0.2, 0.25) is 11.8 Å². The van der Waals surface area contributed by atoms with Crippen LogP contribution in [0, 0.1) is 0 Å². The number of nitrogens with two attached hydrogens (primary N) is 1. The molecular formula is C19H20N2O2S. The summed E-state index contributed by atoms with van der Waals surface area (Å²) in [5.74, 6) is 0.0724. The van der Waals surface area contributed by atoms with Crippen molar-refractivity contribution in [3.63, 3.8) is 0 Å². The Bertz CT molecular complexity index is 771.